The summed E-state index contributed by atoms with van der Waals surface area (Å²) in [5, 5.41) is 3.29. The third kappa shape index (κ3) is 5.88. The third-order valence-corrected chi connectivity index (χ3v) is 5.18. The highest BCUT2D eigenvalue weighted by Gasteiger charge is 2.28. The molecule has 2 fully saturated rings. The first-order valence-corrected chi connectivity index (χ1v) is 9.95. The Bertz CT molecular complexity index is 509. The van der Waals surface area contributed by atoms with Crippen molar-refractivity contribution in [2.75, 3.05) is 46.4 Å². The monoisotopic (exact) mass is 366 g/mol. The lowest BCUT2D eigenvalue weighted by atomic mass is 9.98. The van der Waals surface area contributed by atoms with Crippen LogP contribution in [-0.2, 0) is 14.3 Å². The number of guanidine groups is 1. The summed E-state index contributed by atoms with van der Waals surface area (Å²) in [6.45, 7) is 8.26. The molecule has 0 aromatic heterocycles. The Labute approximate surface area is 157 Å². The van der Waals surface area contributed by atoms with Crippen molar-refractivity contribution in [1.82, 2.24) is 15.1 Å². The Morgan fingerprint density at radius 3 is 2.58 bits per heavy atom. The molecule has 0 aromatic carbocycles. The minimum atomic E-state index is -0.123. The lowest BCUT2D eigenvalue weighted by molar-refractivity contribution is -0.149. The van der Waals surface area contributed by atoms with Gasteiger partial charge in [-0.3, -0.25) is 14.6 Å². The molecule has 1 unspecified atom stereocenters. The molecule has 1 N–H and O–H groups in total. The van der Waals surface area contributed by atoms with Gasteiger partial charge in [-0.05, 0) is 38.5 Å². The van der Waals surface area contributed by atoms with E-state index in [1.165, 1.54) is 6.42 Å². The Hall–Kier alpha value is -1.79. The molecule has 2 aliphatic heterocycles. The molecule has 0 aromatic rings. The topological polar surface area (TPSA) is 74.2 Å². The lowest BCUT2D eigenvalue weighted by Gasteiger charge is -2.34. The van der Waals surface area contributed by atoms with Crippen molar-refractivity contribution in [3.8, 4) is 0 Å². The first-order valence-electron chi connectivity index (χ1n) is 9.95. The second-order valence-electron chi connectivity index (χ2n) is 7.35. The van der Waals surface area contributed by atoms with Gasteiger partial charge in [0, 0.05) is 46.2 Å². The zero-order valence-electron chi connectivity index (χ0n) is 16.5. The predicted octanol–water partition coefficient (Wildman–Crippen LogP) is 1.49. The number of ether oxygens (including phenoxy) is 1. The number of nitrogens with one attached hydrogen (secondary N) is 1. The normalized spacial score (nSPS) is 24.3. The van der Waals surface area contributed by atoms with Crippen LogP contribution in [0.4, 0.5) is 0 Å². The average molecular weight is 367 g/mol. The van der Waals surface area contributed by atoms with E-state index in [2.05, 4.69) is 22.1 Å². The van der Waals surface area contributed by atoms with Crippen LogP contribution < -0.4 is 5.32 Å². The fraction of sp³-hybridized carbons (Fsp3) is 0.842. The summed E-state index contributed by atoms with van der Waals surface area (Å²) in [7, 11) is 1.74. The van der Waals surface area contributed by atoms with Crippen molar-refractivity contribution in [2.45, 2.75) is 46.0 Å². The third-order valence-electron chi connectivity index (χ3n) is 5.18. The molecule has 0 aliphatic carbocycles. The molecule has 0 radical (unpaired) electrons. The standard InChI is InChI=1S/C19H34N4O3/c1-4-26-18(25)16-8-6-12-23(14-16)19(20-3)21-10-9-17(24)22-11-5-7-15(2)13-22/h15-16H,4-14H2,1-3H3,(H,20,21)/t15?,16-/m0/s1. The second kappa shape index (κ2) is 10.4. The van der Waals surface area contributed by atoms with E-state index in [1.54, 1.807) is 7.05 Å². The fourth-order valence-corrected chi connectivity index (χ4v) is 3.81. The van der Waals surface area contributed by atoms with E-state index in [0.717, 1.165) is 44.9 Å². The summed E-state index contributed by atoms with van der Waals surface area (Å²) in [5.41, 5.74) is 0. The number of rotatable bonds is 5. The van der Waals surface area contributed by atoms with Gasteiger partial charge in [-0.15, -0.1) is 0 Å². The van der Waals surface area contributed by atoms with Crippen LogP contribution in [-0.4, -0.2) is 74.0 Å². The molecule has 0 saturated carbocycles. The minimum Gasteiger partial charge on any atom is -0.466 e. The summed E-state index contributed by atoms with van der Waals surface area (Å²) >= 11 is 0. The van der Waals surface area contributed by atoms with Crippen molar-refractivity contribution in [2.24, 2.45) is 16.8 Å². The Kier molecular flexibility index (Phi) is 8.19. The molecular weight excluding hydrogens is 332 g/mol. The first-order chi connectivity index (χ1) is 12.5. The van der Waals surface area contributed by atoms with Gasteiger partial charge in [0.25, 0.3) is 0 Å². The minimum absolute atomic E-state index is 0.0984. The Morgan fingerprint density at radius 2 is 1.88 bits per heavy atom. The Balaban J connectivity index is 1.78. The maximum absolute atomic E-state index is 12.4. The molecule has 1 amide bonds. The van der Waals surface area contributed by atoms with Crippen molar-refractivity contribution in [1.29, 1.82) is 0 Å². The average Bonchev–Trinajstić information content (AvgIpc) is 2.65. The van der Waals surface area contributed by atoms with Crippen LogP contribution in [0, 0.1) is 11.8 Å². The van der Waals surface area contributed by atoms with E-state index in [-0.39, 0.29) is 17.8 Å². The van der Waals surface area contributed by atoms with Crippen molar-refractivity contribution >= 4 is 17.8 Å². The molecule has 0 spiro atoms. The molecule has 0 bridgehead atoms. The Morgan fingerprint density at radius 1 is 1.15 bits per heavy atom. The molecule has 2 rings (SSSR count). The van der Waals surface area contributed by atoms with Gasteiger partial charge in [-0.25, -0.2) is 0 Å². The highest BCUT2D eigenvalue weighted by molar-refractivity contribution is 5.82. The van der Waals surface area contributed by atoms with E-state index in [9.17, 15) is 9.59 Å². The number of hydrogen-bond acceptors (Lipinski definition) is 4. The summed E-state index contributed by atoms with van der Waals surface area (Å²) in [5.74, 6) is 1.35. The van der Waals surface area contributed by atoms with Gasteiger partial charge in [-0.1, -0.05) is 6.92 Å². The van der Waals surface area contributed by atoms with Gasteiger partial charge in [-0.2, -0.15) is 0 Å². The zero-order chi connectivity index (χ0) is 18.9. The van der Waals surface area contributed by atoms with Gasteiger partial charge >= 0.3 is 5.97 Å². The number of aliphatic imine (C=N–C) groups is 1. The van der Waals surface area contributed by atoms with E-state index in [0.29, 0.717) is 32.0 Å². The number of hydrogen-bond donors (Lipinski definition) is 1. The predicted molar refractivity (Wildman–Crippen MR) is 102 cm³/mol. The largest absolute Gasteiger partial charge is 0.466 e. The molecule has 2 heterocycles. The van der Waals surface area contributed by atoms with Crippen LogP contribution in [0.15, 0.2) is 4.99 Å². The zero-order valence-corrected chi connectivity index (χ0v) is 16.5. The van der Waals surface area contributed by atoms with Crippen molar-refractivity contribution in [3.63, 3.8) is 0 Å². The molecule has 2 atom stereocenters. The van der Waals surface area contributed by atoms with Crippen LogP contribution in [0.2, 0.25) is 0 Å². The van der Waals surface area contributed by atoms with E-state index in [1.807, 2.05) is 11.8 Å². The quantitative estimate of drug-likeness (QED) is 0.453. The van der Waals surface area contributed by atoms with Crippen molar-refractivity contribution in [3.05, 3.63) is 0 Å². The van der Waals surface area contributed by atoms with Gasteiger partial charge in [0.1, 0.15) is 0 Å². The SMILES string of the molecule is CCOC(=O)[C@H]1CCCN(C(=NC)NCCC(=O)N2CCCC(C)C2)C1. The number of esters is 1. The molecule has 26 heavy (non-hydrogen) atoms. The highest BCUT2D eigenvalue weighted by Crippen LogP contribution is 2.18. The molecule has 7 nitrogen and oxygen atoms in total. The molecule has 7 heteroatoms. The summed E-state index contributed by atoms with van der Waals surface area (Å²) in [4.78, 5) is 32.8. The summed E-state index contributed by atoms with van der Waals surface area (Å²) in [6.07, 6.45) is 4.59. The maximum Gasteiger partial charge on any atom is 0.310 e. The van der Waals surface area contributed by atoms with Gasteiger partial charge in [0.2, 0.25) is 5.91 Å². The van der Waals surface area contributed by atoms with Gasteiger partial charge < -0.3 is 19.9 Å². The number of nitrogens with zero attached hydrogens (tertiary/aromatic N) is 3. The van der Waals surface area contributed by atoms with Crippen LogP contribution in [0.3, 0.4) is 0 Å². The first kappa shape index (κ1) is 20.5. The number of carbonyl (C=O) groups excluding carboxylic acids is 2. The van der Waals surface area contributed by atoms with Gasteiger partial charge in [0.05, 0.1) is 12.5 Å². The number of amides is 1. The van der Waals surface area contributed by atoms with Gasteiger partial charge in [0.15, 0.2) is 5.96 Å². The van der Waals surface area contributed by atoms with E-state index >= 15 is 0 Å². The highest BCUT2D eigenvalue weighted by atomic mass is 16.5. The molecule has 148 valence electrons. The van der Waals surface area contributed by atoms with Crippen LogP contribution in [0.1, 0.15) is 46.0 Å². The smallest absolute Gasteiger partial charge is 0.310 e. The maximum atomic E-state index is 12.4. The van der Waals surface area contributed by atoms with Crippen LogP contribution >= 0.6 is 0 Å². The summed E-state index contributed by atoms with van der Waals surface area (Å²) < 4.78 is 5.16. The van der Waals surface area contributed by atoms with Crippen molar-refractivity contribution < 1.29 is 14.3 Å². The molecule has 2 saturated heterocycles. The van der Waals surface area contributed by atoms with Crippen LogP contribution in [0.25, 0.3) is 0 Å². The second-order valence-corrected chi connectivity index (χ2v) is 7.35. The summed E-state index contributed by atoms with van der Waals surface area (Å²) in [6, 6.07) is 0. The molecular formula is C19H34N4O3. The van der Waals surface area contributed by atoms with E-state index < -0.39 is 0 Å². The van der Waals surface area contributed by atoms with Crippen LogP contribution in [0.5, 0.6) is 0 Å². The number of piperidine rings is 2. The lowest BCUT2D eigenvalue weighted by Crippen LogP contribution is -2.49. The fourth-order valence-electron chi connectivity index (χ4n) is 3.81. The molecule has 2 aliphatic rings. The van der Waals surface area contributed by atoms with E-state index in [4.69, 9.17) is 4.74 Å². The number of carbonyl (C=O) groups is 2. The number of likely N-dealkylation sites (tertiary alicyclic amines) is 2.